The Balaban J connectivity index is 2.70. The van der Waals surface area contributed by atoms with Gasteiger partial charge in [0.1, 0.15) is 12.4 Å². The molecule has 1 N–H and O–H groups in total. The first-order chi connectivity index (χ1) is 7.89. The first-order valence-electron chi connectivity index (χ1n) is 4.72. The lowest BCUT2D eigenvalue weighted by atomic mass is 10.3. The maximum absolute atomic E-state index is 11.3. The van der Waals surface area contributed by atoms with Gasteiger partial charge in [-0.05, 0) is 24.3 Å². The van der Waals surface area contributed by atoms with Crippen molar-refractivity contribution in [3.63, 3.8) is 0 Å². The lowest BCUT2D eigenvalue weighted by Crippen LogP contribution is -1.99. The second-order valence-electron chi connectivity index (χ2n) is 3.30. The number of benzene rings is 1. The van der Waals surface area contributed by atoms with E-state index in [4.69, 9.17) is 9.84 Å². The molecule has 6 heteroatoms. The summed E-state index contributed by atoms with van der Waals surface area (Å²) in [5.41, 5.74) is 0. The first-order valence-corrected chi connectivity index (χ1v) is 6.61. The second kappa shape index (κ2) is 5.49. The van der Waals surface area contributed by atoms with Crippen molar-refractivity contribution in [3.05, 3.63) is 36.4 Å². The molecule has 0 saturated carbocycles. The number of carbonyl (C=O) groups is 1. The van der Waals surface area contributed by atoms with E-state index >= 15 is 0 Å². The summed E-state index contributed by atoms with van der Waals surface area (Å²) in [5, 5.41) is 8.34. The minimum atomic E-state index is -3.26. The number of rotatable bonds is 5. The molecule has 0 aliphatic heterocycles. The van der Waals surface area contributed by atoms with Crippen LogP contribution in [0.4, 0.5) is 0 Å². The highest BCUT2D eigenvalue weighted by Gasteiger charge is 2.07. The van der Waals surface area contributed by atoms with Crippen molar-refractivity contribution < 1.29 is 23.1 Å². The van der Waals surface area contributed by atoms with Gasteiger partial charge in [-0.1, -0.05) is 6.07 Å². The third-order valence-electron chi connectivity index (χ3n) is 1.84. The molecular weight excluding hydrogens is 244 g/mol. The predicted molar refractivity (Wildman–Crippen MR) is 61.8 cm³/mol. The topological polar surface area (TPSA) is 80.7 Å². The Hall–Kier alpha value is -1.82. The van der Waals surface area contributed by atoms with Gasteiger partial charge in [0.2, 0.25) is 0 Å². The van der Waals surface area contributed by atoms with Crippen molar-refractivity contribution in [1.29, 1.82) is 0 Å². The van der Waals surface area contributed by atoms with Crippen LogP contribution in [0.3, 0.4) is 0 Å². The van der Waals surface area contributed by atoms with Crippen LogP contribution in [0.15, 0.2) is 41.3 Å². The molecule has 0 aliphatic carbocycles. The lowest BCUT2D eigenvalue weighted by molar-refractivity contribution is -0.131. The molecule has 1 aromatic carbocycles. The third-order valence-corrected chi connectivity index (χ3v) is 2.95. The van der Waals surface area contributed by atoms with Gasteiger partial charge < -0.3 is 9.84 Å². The number of carboxylic acids is 1. The van der Waals surface area contributed by atoms with Crippen LogP contribution in [0, 0.1) is 0 Å². The van der Waals surface area contributed by atoms with Gasteiger partial charge in [0.05, 0.1) is 4.90 Å². The van der Waals surface area contributed by atoms with Crippen molar-refractivity contribution in [3.8, 4) is 5.75 Å². The first kappa shape index (κ1) is 13.2. The summed E-state index contributed by atoms with van der Waals surface area (Å²) in [5.74, 6) is -0.679. The summed E-state index contributed by atoms with van der Waals surface area (Å²) in [6.07, 6.45) is 3.40. The largest absolute Gasteiger partial charge is 0.489 e. The van der Waals surface area contributed by atoms with E-state index < -0.39 is 15.8 Å². The Morgan fingerprint density at radius 1 is 1.47 bits per heavy atom. The maximum Gasteiger partial charge on any atom is 0.328 e. The highest BCUT2D eigenvalue weighted by atomic mass is 32.2. The van der Waals surface area contributed by atoms with Crippen LogP contribution in [0.1, 0.15) is 0 Å². The lowest BCUT2D eigenvalue weighted by Gasteiger charge is -2.04. The van der Waals surface area contributed by atoms with Crippen molar-refractivity contribution >= 4 is 15.8 Å². The van der Waals surface area contributed by atoms with Crippen molar-refractivity contribution in [2.45, 2.75) is 4.90 Å². The summed E-state index contributed by atoms with van der Waals surface area (Å²) in [7, 11) is -3.26. The molecule has 1 aromatic rings. The SMILES string of the molecule is CS(=O)(=O)c1cccc(OC/C=C/C(=O)O)c1. The average Bonchev–Trinajstić information content (AvgIpc) is 2.23. The number of ether oxygens (including phenoxy) is 1. The minimum Gasteiger partial charge on any atom is -0.489 e. The molecule has 0 unspecified atom stereocenters. The smallest absolute Gasteiger partial charge is 0.328 e. The molecule has 5 nitrogen and oxygen atoms in total. The molecular formula is C11H12O5S. The monoisotopic (exact) mass is 256 g/mol. The number of sulfone groups is 1. The molecule has 0 atom stereocenters. The molecule has 0 fully saturated rings. The van der Waals surface area contributed by atoms with E-state index in [-0.39, 0.29) is 11.5 Å². The van der Waals surface area contributed by atoms with Crippen molar-refractivity contribution in [1.82, 2.24) is 0 Å². The second-order valence-corrected chi connectivity index (χ2v) is 5.31. The van der Waals surface area contributed by atoms with Crippen LogP contribution in [0.25, 0.3) is 0 Å². The molecule has 0 bridgehead atoms. The molecule has 0 spiro atoms. The van der Waals surface area contributed by atoms with E-state index in [0.717, 1.165) is 12.3 Å². The Kier molecular flexibility index (Phi) is 4.28. The zero-order chi connectivity index (χ0) is 12.9. The summed E-state index contributed by atoms with van der Waals surface area (Å²) >= 11 is 0. The molecule has 17 heavy (non-hydrogen) atoms. The number of hydrogen-bond donors (Lipinski definition) is 1. The average molecular weight is 256 g/mol. The van der Waals surface area contributed by atoms with E-state index in [1.807, 2.05) is 0 Å². The molecule has 0 heterocycles. The maximum atomic E-state index is 11.3. The van der Waals surface area contributed by atoms with Crippen LogP contribution in [-0.2, 0) is 14.6 Å². The van der Waals surface area contributed by atoms with Gasteiger partial charge in [0.25, 0.3) is 0 Å². The van der Waals surface area contributed by atoms with Crippen LogP contribution in [0.2, 0.25) is 0 Å². The summed E-state index contributed by atoms with van der Waals surface area (Å²) < 4.78 is 27.7. The van der Waals surface area contributed by atoms with Gasteiger partial charge in [0.15, 0.2) is 9.84 Å². The van der Waals surface area contributed by atoms with Gasteiger partial charge in [-0.15, -0.1) is 0 Å². The van der Waals surface area contributed by atoms with E-state index in [1.54, 1.807) is 12.1 Å². The van der Waals surface area contributed by atoms with Gasteiger partial charge in [-0.3, -0.25) is 0 Å². The number of carboxylic acid groups (broad SMARTS) is 1. The molecule has 0 amide bonds. The van der Waals surface area contributed by atoms with Crippen LogP contribution < -0.4 is 4.74 Å². The van der Waals surface area contributed by atoms with Crippen LogP contribution in [0.5, 0.6) is 5.75 Å². The van der Waals surface area contributed by atoms with E-state index in [2.05, 4.69) is 0 Å². The summed E-state index contributed by atoms with van der Waals surface area (Å²) in [6.45, 7) is 0.0690. The zero-order valence-electron chi connectivity index (χ0n) is 9.16. The molecule has 92 valence electrons. The Labute approximate surface area is 99.3 Å². The van der Waals surface area contributed by atoms with Gasteiger partial charge in [-0.2, -0.15) is 0 Å². The predicted octanol–water partition coefficient (Wildman–Crippen LogP) is 1.11. The van der Waals surface area contributed by atoms with Gasteiger partial charge >= 0.3 is 5.97 Å². The van der Waals surface area contributed by atoms with Crippen molar-refractivity contribution in [2.75, 3.05) is 12.9 Å². The van der Waals surface area contributed by atoms with E-state index in [9.17, 15) is 13.2 Å². The van der Waals surface area contributed by atoms with Crippen molar-refractivity contribution in [2.24, 2.45) is 0 Å². The standard InChI is InChI=1S/C11H12O5S/c1-17(14,15)10-5-2-4-9(8-10)16-7-3-6-11(12)13/h2-6,8H,7H2,1H3,(H,12,13)/b6-3+. The Morgan fingerprint density at radius 3 is 2.76 bits per heavy atom. The molecule has 0 radical (unpaired) electrons. The highest BCUT2D eigenvalue weighted by molar-refractivity contribution is 7.90. The fourth-order valence-corrected chi connectivity index (χ4v) is 1.74. The fourth-order valence-electron chi connectivity index (χ4n) is 1.09. The number of hydrogen-bond acceptors (Lipinski definition) is 4. The summed E-state index contributed by atoms with van der Waals surface area (Å²) in [4.78, 5) is 10.3. The van der Waals surface area contributed by atoms with Gasteiger partial charge in [0, 0.05) is 12.3 Å². The number of aliphatic carboxylic acids is 1. The quantitative estimate of drug-likeness (QED) is 0.798. The highest BCUT2D eigenvalue weighted by Crippen LogP contribution is 2.17. The fraction of sp³-hybridized carbons (Fsp3) is 0.182. The van der Waals surface area contributed by atoms with E-state index in [1.165, 1.54) is 18.2 Å². The molecule has 0 aliphatic rings. The Bertz CT molecular complexity index is 531. The van der Waals surface area contributed by atoms with Crippen LogP contribution in [-0.4, -0.2) is 32.4 Å². The molecule has 1 rings (SSSR count). The normalized spacial score (nSPS) is 11.6. The summed E-state index contributed by atoms with van der Waals surface area (Å²) in [6, 6.07) is 6.02. The van der Waals surface area contributed by atoms with E-state index in [0.29, 0.717) is 5.75 Å². The molecule has 0 saturated heterocycles. The van der Waals surface area contributed by atoms with Crippen LogP contribution >= 0.6 is 0 Å². The minimum absolute atomic E-state index is 0.0690. The Morgan fingerprint density at radius 2 is 2.18 bits per heavy atom. The zero-order valence-corrected chi connectivity index (χ0v) is 9.98. The molecule has 0 aromatic heterocycles. The third kappa shape index (κ3) is 4.69. The van der Waals surface area contributed by atoms with Gasteiger partial charge in [-0.25, -0.2) is 13.2 Å².